The van der Waals surface area contributed by atoms with E-state index < -0.39 is 0 Å². The van der Waals surface area contributed by atoms with Gasteiger partial charge in [0.1, 0.15) is 0 Å². The normalized spacial score (nSPS) is 10.8. The number of carbonyl (C=O) groups is 1. The summed E-state index contributed by atoms with van der Waals surface area (Å²) in [7, 11) is 3.62. The van der Waals surface area contributed by atoms with Crippen molar-refractivity contribution >= 4 is 5.91 Å². The zero-order valence-electron chi connectivity index (χ0n) is 14.8. The van der Waals surface area contributed by atoms with Crippen molar-refractivity contribution in [3.63, 3.8) is 0 Å². The van der Waals surface area contributed by atoms with E-state index >= 15 is 0 Å². The smallest absolute Gasteiger partial charge is 0.292 e. The van der Waals surface area contributed by atoms with E-state index in [1.807, 2.05) is 38.4 Å². The highest BCUT2D eigenvalue weighted by atomic mass is 16.5. The maximum absolute atomic E-state index is 12.5. The second-order valence-electron chi connectivity index (χ2n) is 6.24. The average molecular weight is 338 g/mol. The predicted octanol–water partition coefficient (Wildman–Crippen LogP) is 2.77. The number of nitrogens with zero attached hydrogens (tertiary/aromatic N) is 4. The minimum Gasteiger partial charge on any atom is -0.351 e. The Morgan fingerprint density at radius 2 is 2.00 bits per heavy atom. The fraction of sp³-hybridized carbons (Fsp3) is 0.316. The first kappa shape index (κ1) is 17.0. The van der Waals surface area contributed by atoms with Crippen molar-refractivity contribution in [3.05, 3.63) is 70.9 Å². The molecule has 0 aliphatic carbocycles. The number of aromatic nitrogens is 3. The molecule has 0 N–H and O–H groups in total. The van der Waals surface area contributed by atoms with Crippen LogP contribution in [-0.4, -0.2) is 32.8 Å². The highest BCUT2D eigenvalue weighted by Crippen LogP contribution is 2.13. The van der Waals surface area contributed by atoms with E-state index in [-0.39, 0.29) is 11.7 Å². The van der Waals surface area contributed by atoms with Crippen LogP contribution in [0.5, 0.6) is 0 Å². The molecule has 3 rings (SSSR count). The van der Waals surface area contributed by atoms with Crippen molar-refractivity contribution in [2.45, 2.75) is 26.3 Å². The molecule has 0 aliphatic heterocycles. The van der Waals surface area contributed by atoms with Crippen LogP contribution in [0.3, 0.4) is 0 Å². The van der Waals surface area contributed by atoms with Crippen LogP contribution in [0.15, 0.2) is 47.1 Å². The Morgan fingerprint density at radius 1 is 1.24 bits per heavy atom. The van der Waals surface area contributed by atoms with Crippen molar-refractivity contribution in [3.8, 4) is 0 Å². The molecule has 3 aromatic rings. The summed E-state index contributed by atoms with van der Waals surface area (Å²) in [6.45, 7) is 2.42. The molecule has 0 atom stereocenters. The molecule has 25 heavy (non-hydrogen) atoms. The first-order chi connectivity index (χ1) is 12.0. The highest BCUT2D eigenvalue weighted by Gasteiger charge is 2.19. The Labute approximate surface area is 147 Å². The largest absolute Gasteiger partial charge is 0.351 e. The Bertz CT molecular complexity index is 851. The highest BCUT2D eigenvalue weighted by molar-refractivity contribution is 5.91. The molecule has 0 saturated heterocycles. The van der Waals surface area contributed by atoms with Gasteiger partial charge in [-0.05, 0) is 25.3 Å². The van der Waals surface area contributed by atoms with Crippen molar-refractivity contribution in [1.29, 1.82) is 0 Å². The van der Waals surface area contributed by atoms with Crippen LogP contribution < -0.4 is 0 Å². The Hall–Kier alpha value is -2.89. The van der Waals surface area contributed by atoms with Gasteiger partial charge in [-0.15, -0.1) is 0 Å². The van der Waals surface area contributed by atoms with Crippen LogP contribution in [0.2, 0.25) is 0 Å². The minimum absolute atomic E-state index is 0.179. The third-order valence-corrected chi connectivity index (χ3v) is 4.15. The third kappa shape index (κ3) is 4.15. The van der Waals surface area contributed by atoms with Crippen molar-refractivity contribution in [2.75, 3.05) is 7.05 Å². The van der Waals surface area contributed by atoms with E-state index in [0.717, 1.165) is 29.8 Å². The number of rotatable bonds is 6. The second kappa shape index (κ2) is 7.34. The van der Waals surface area contributed by atoms with Crippen LogP contribution in [0.1, 0.15) is 33.1 Å². The number of hydrogen-bond acceptors (Lipinski definition) is 4. The molecule has 2 aromatic heterocycles. The molecule has 0 bridgehead atoms. The van der Waals surface area contributed by atoms with Crippen LogP contribution in [0.4, 0.5) is 0 Å². The van der Waals surface area contributed by atoms with E-state index in [9.17, 15) is 4.79 Å². The molecule has 0 unspecified atom stereocenters. The SMILES string of the molecule is Cc1nn(C)cc1CN(C)C(=O)c1cc(CCc2ccccc2)no1. The molecule has 0 saturated carbocycles. The quantitative estimate of drug-likeness (QED) is 0.693. The van der Waals surface area contributed by atoms with E-state index in [0.29, 0.717) is 6.54 Å². The molecule has 0 radical (unpaired) electrons. The summed E-state index contributed by atoms with van der Waals surface area (Å²) in [5, 5.41) is 8.32. The lowest BCUT2D eigenvalue weighted by atomic mass is 10.1. The molecule has 1 amide bonds. The number of hydrogen-bond donors (Lipinski definition) is 0. The number of benzene rings is 1. The summed E-state index contributed by atoms with van der Waals surface area (Å²) in [5.41, 5.74) is 3.96. The molecule has 1 aromatic carbocycles. The summed E-state index contributed by atoms with van der Waals surface area (Å²) >= 11 is 0. The van der Waals surface area contributed by atoms with Gasteiger partial charge in [0.15, 0.2) is 0 Å². The van der Waals surface area contributed by atoms with Crippen LogP contribution in [-0.2, 0) is 26.4 Å². The van der Waals surface area contributed by atoms with Crippen molar-refractivity contribution in [1.82, 2.24) is 19.8 Å². The van der Waals surface area contributed by atoms with Gasteiger partial charge in [0, 0.05) is 38.5 Å². The monoisotopic (exact) mass is 338 g/mol. The standard InChI is InChI=1S/C19H22N4O2/c1-14-16(13-23(3)20-14)12-22(2)19(24)18-11-17(21-25-18)10-9-15-7-5-4-6-8-15/h4-8,11,13H,9-10,12H2,1-3H3. The molecular weight excluding hydrogens is 316 g/mol. The van der Waals surface area contributed by atoms with E-state index in [1.165, 1.54) is 5.56 Å². The molecule has 130 valence electrons. The minimum atomic E-state index is -0.179. The topological polar surface area (TPSA) is 64.2 Å². The van der Waals surface area contributed by atoms with E-state index in [2.05, 4.69) is 22.4 Å². The fourth-order valence-corrected chi connectivity index (χ4v) is 2.77. The second-order valence-corrected chi connectivity index (χ2v) is 6.24. The van der Waals surface area contributed by atoms with Gasteiger partial charge in [-0.2, -0.15) is 5.10 Å². The van der Waals surface area contributed by atoms with E-state index in [4.69, 9.17) is 4.52 Å². The van der Waals surface area contributed by atoms with Gasteiger partial charge in [-0.1, -0.05) is 35.5 Å². The van der Waals surface area contributed by atoms with Gasteiger partial charge in [0.2, 0.25) is 5.76 Å². The van der Waals surface area contributed by atoms with Gasteiger partial charge in [0.25, 0.3) is 5.91 Å². The summed E-state index contributed by atoms with van der Waals surface area (Å²) in [6.07, 6.45) is 3.53. The maximum Gasteiger partial charge on any atom is 0.292 e. The zero-order chi connectivity index (χ0) is 17.8. The molecule has 6 nitrogen and oxygen atoms in total. The summed E-state index contributed by atoms with van der Waals surface area (Å²) in [6, 6.07) is 11.9. The summed E-state index contributed by atoms with van der Waals surface area (Å²) in [4.78, 5) is 14.1. The molecule has 2 heterocycles. The van der Waals surface area contributed by atoms with Crippen LogP contribution in [0, 0.1) is 6.92 Å². The lowest BCUT2D eigenvalue weighted by Crippen LogP contribution is -2.26. The van der Waals surface area contributed by atoms with Crippen LogP contribution in [0.25, 0.3) is 0 Å². The van der Waals surface area contributed by atoms with Gasteiger partial charge >= 0.3 is 0 Å². The zero-order valence-corrected chi connectivity index (χ0v) is 14.8. The molecule has 0 spiro atoms. The maximum atomic E-state index is 12.5. The summed E-state index contributed by atoms with van der Waals surface area (Å²) < 4.78 is 7.00. The number of carbonyl (C=O) groups excluding carboxylic acids is 1. The van der Waals surface area contributed by atoms with Crippen molar-refractivity contribution in [2.24, 2.45) is 7.05 Å². The lowest BCUT2D eigenvalue weighted by Gasteiger charge is -2.14. The first-order valence-electron chi connectivity index (χ1n) is 8.27. The molecule has 0 fully saturated rings. The van der Waals surface area contributed by atoms with Crippen LogP contribution >= 0.6 is 0 Å². The predicted molar refractivity (Wildman–Crippen MR) is 94.1 cm³/mol. The number of aryl methyl sites for hydroxylation is 4. The van der Waals surface area contributed by atoms with Gasteiger partial charge in [-0.25, -0.2) is 0 Å². The fourth-order valence-electron chi connectivity index (χ4n) is 2.77. The third-order valence-electron chi connectivity index (χ3n) is 4.15. The summed E-state index contributed by atoms with van der Waals surface area (Å²) in [5.74, 6) is 0.0915. The molecular formula is C19H22N4O2. The molecule has 6 heteroatoms. The first-order valence-corrected chi connectivity index (χ1v) is 8.27. The van der Waals surface area contributed by atoms with E-state index in [1.54, 1.807) is 22.7 Å². The van der Waals surface area contributed by atoms with Gasteiger partial charge in [-0.3, -0.25) is 9.48 Å². The Balaban J connectivity index is 1.60. The van der Waals surface area contributed by atoms with Gasteiger partial charge in [0.05, 0.1) is 11.4 Å². The number of amides is 1. The Morgan fingerprint density at radius 3 is 2.68 bits per heavy atom. The van der Waals surface area contributed by atoms with Crippen molar-refractivity contribution < 1.29 is 9.32 Å². The van der Waals surface area contributed by atoms with Gasteiger partial charge < -0.3 is 9.42 Å². The lowest BCUT2D eigenvalue weighted by molar-refractivity contribution is 0.0743. The molecule has 0 aliphatic rings. The average Bonchev–Trinajstić information content (AvgIpc) is 3.20. The Kier molecular flexibility index (Phi) is 4.97.